The van der Waals surface area contributed by atoms with Gasteiger partial charge < -0.3 is 4.74 Å². The first-order valence-electron chi connectivity index (χ1n) is 7.61. The second-order valence-corrected chi connectivity index (χ2v) is 5.60. The summed E-state index contributed by atoms with van der Waals surface area (Å²) in [5.74, 6) is -2.08. The Kier molecular flexibility index (Phi) is 5.86. The third-order valence-electron chi connectivity index (χ3n) is 3.97. The van der Waals surface area contributed by atoms with E-state index >= 15 is 0 Å². The molecule has 0 saturated heterocycles. The van der Waals surface area contributed by atoms with E-state index in [9.17, 15) is 17.6 Å². The molecule has 1 aliphatic carbocycles. The average molecular weight is 316 g/mol. The Labute approximate surface area is 128 Å². The third-order valence-corrected chi connectivity index (χ3v) is 3.97. The van der Waals surface area contributed by atoms with Crippen LogP contribution in [0.25, 0.3) is 5.57 Å². The molecule has 1 unspecified atom stereocenters. The van der Waals surface area contributed by atoms with Crippen LogP contribution in [0.5, 0.6) is 5.75 Å². The Morgan fingerprint density at radius 1 is 1.23 bits per heavy atom. The SMILES string of the molecule is CCCC1CC=C(c2ccc(OCC(F)F)c(F)c2F)CC1. The summed E-state index contributed by atoms with van der Waals surface area (Å²) in [4.78, 5) is 0. The summed E-state index contributed by atoms with van der Waals surface area (Å²) in [7, 11) is 0. The van der Waals surface area contributed by atoms with Crippen molar-refractivity contribution in [1.29, 1.82) is 0 Å². The summed E-state index contributed by atoms with van der Waals surface area (Å²) in [6, 6.07) is 2.63. The van der Waals surface area contributed by atoms with Crippen molar-refractivity contribution < 1.29 is 22.3 Å². The third kappa shape index (κ3) is 4.02. The fraction of sp³-hybridized carbons (Fsp3) is 0.529. The van der Waals surface area contributed by atoms with Crippen molar-refractivity contribution in [3.05, 3.63) is 35.4 Å². The highest BCUT2D eigenvalue weighted by molar-refractivity contribution is 5.67. The van der Waals surface area contributed by atoms with E-state index in [1.54, 1.807) is 0 Å². The van der Waals surface area contributed by atoms with Crippen LogP contribution < -0.4 is 4.74 Å². The first-order valence-corrected chi connectivity index (χ1v) is 7.61. The van der Waals surface area contributed by atoms with Crippen molar-refractivity contribution in [2.24, 2.45) is 5.92 Å². The topological polar surface area (TPSA) is 9.23 Å². The van der Waals surface area contributed by atoms with E-state index in [0.29, 0.717) is 12.3 Å². The summed E-state index contributed by atoms with van der Waals surface area (Å²) >= 11 is 0. The second-order valence-electron chi connectivity index (χ2n) is 5.60. The summed E-state index contributed by atoms with van der Waals surface area (Å²) in [6.07, 6.45) is 4.03. The molecule has 0 fully saturated rings. The molecule has 1 atom stereocenters. The summed E-state index contributed by atoms with van der Waals surface area (Å²) < 4.78 is 56.8. The van der Waals surface area contributed by atoms with Gasteiger partial charge >= 0.3 is 0 Å². The van der Waals surface area contributed by atoms with E-state index < -0.39 is 30.4 Å². The summed E-state index contributed by atoms with van der Waals surface area (Å²) in [6.45, 7) is 1.18. The van der Waals surface area contributed by atoms with Crippen LogP contribution in [0.3, 0.4) is 0 Å². The molecule has 0 heterocycles. The van der Waals surface area contributed by atoms with Gasteiger partial charge in [0.15, 0.2) is 11.6 Å². The zero-order chi connectivity index (χ0) is 16.1. The molecule has 0 radical (unpaired) electrons. The van der Waals surface area contributed by atoms with Gasteiger partial charge in [-0.1, -0.05) is 25.8 Å². The standard InChI is InChI=1S/C17H20F4O/c1-2-3-11-4-6-12(7-5-11)13-8-9-14(17(21)16(13)20)22-10-15(18)19/h6,8-9,11,15H,2-5,7,10H2,1H3. The van der Waals surface area contributed by atoms with Gasteiger partial charge in [-0.05, 0) is 42.9 Å². The molecule has 22 heavy (non-hydrogen) atoms. The van der Waals surface area contributed by atoms with Crippen molar-refractivity contribution >= 4 is 5.57 Å². The molecule has 0 N–H and O–H groups in total. The van der Waals surface area contributed by atoms with Crippen LogP contribution in [0.15, 0.2) is 18.2 Å². The number of alkyl halides is 2. The molecule has 2 rings (SSSR count). The van der Waals surface area contributed by atoms with Gasteiger partial charge in [0.25, 0.3) is 6.43 Å². The maximum Gasteiger partial charge on any atom is 0.272 e. The van der Waals surface area contributed by atoms with E-state index in [4.69, 9.17) is 0 Å². The fourth-order valence-corrected chi connectivity index (χ4v) is 2.85. The number of rotatable bonds is 6. The number of halogens is 4. The zero-order valence-corrected chi connectivity index (χ0v) is 12.5. The number of allylic oxidation sites excluding steroid dienone is 2. The normalized spacial score (nSPS) is 18.5. The maximum atomic E-state index is 14.1. The first kappa shape index (κ1) is 16.8. The molecule has 122 valence electrons. The lowest BCUT2D eigenvalue weighted by molar-refractivity contribution is 0.0795. The molecule has 0 saturated carbocycles. The van der Waals surface area contributed by atoms with Crippen LogP contribution in [0, 0.1) is 17.6 Å². The quantitative estimate of drug-likeness (QED) is 0.621. The van der Waals surface area contributed by atoms with Gasteiger partial charge in [-0.2, -0.15) is 4.39 Å². The highest BCUT2D eigenvalue weighted by Gasteiger charge is 2.21. The van der Waals surface area contributed by atoms with Crippen molar-refractivity contribution in [2.75, 3.05) is 6.61 Å². The van der Waals surface area contributed by atoms with Gasteiger partial charge in [0.1, 0.15) is 6.61 Å². The van der Waals surface area contributed by atoms with Gasteiger partial charge in [-0.15, -0.1) is 0 Å². The van der Waals surface area contributed by atoms with Crippen LogP contribution in [-0.4, -0.2) is 13.0 Å². The van der Waals surface area contributed by atoms with Gasteiger partial charge in [-0.25, -0.2) is 13.2 Å². The monoisotopic (exact) mass is 316 g/mol. The van der Waals surface area contributed by atoms with Crippen LogP contribution in [0.2, 0.25) is 0 Å². The van der Waals surface area contributed by atoms with Crippen molar-refractivity contribution in [3.8, 4) is 5.75 Å². The lowest BCUT2D eigenvalue weighted by atomic mass is 9.84. The van der Waals surface area contributed by atoms with E-state index in [-0.39, 0.29) is 5.56 Å². The van der Waals surface area contributed by atoms with Gasteiger partial charge in [-0.3, -0.25) is 0 Å². The van der Waals surface area contributed by atoms with E-state index in [1.807, 2.05) is 6.08 Å². The molecule has 0 aliphatic heterocycles. The number of ether oxygens (including phenoxy) is 1. The molecule has 1 nitrogen and oxygen atoms in total. The largest absolute Gasteiger partial charge is 0.484 e. The summed E-state index contributed by atoms with van der Waals surface area (Å²) in [5.41, 5.74) is 0.987. The predicted octanol–water partition coefficient (Wildman–Crippen LogP) is 5.59. The zero-order valence-electron chi connectivity index (χ0n) is 12.5. The predicted molar refractivity (Wildman–Crippen MR) is 78.1 cm³/mol. The average Bonchev–Trinajstić information content (AvgIpc) is 2.50. The minimum Gasteiger partial charge on any atom is -0.484 e. The molecular weight excluding hydrogens is 296 g/mol. The van der Waals surface area contributed by atoms with Crippen molar-refractivity contribution in [1.82, 2.24) is 0 Å². The Balaban J connectivity index is 2.14. The molecular formula is C17H20F4O. The Morgan fingerprint density at radius 2 is 2.00 bits per heavy atom. The van der Waals surface area contributed by atoms with E-state index in [1.165, 1.54) is 12.1 Å². The van der Waals surface area contributed by atoms with Gasteiger partial charge in [0, 0.05) is 5.56 Å². The van der Waals surface area contributed by atoms with Gasteiger partial charge in [0.2, 0.25) is 5.82 Å². The van der Waals surface area contributed by atoms with Crippen LogP contribution in [-0.2, 0) is 0 Å². The van der Waals surface area contributed by atoms with Crippen LogP contribution >= 0.6 is 0 Å². The van der Waals surface area contributed by atoms with E-state index in [0.717, 1.165) is 31.3 Å². The Hall–Kier alpha value is -1.52. The van der Waals surface area contributed by atoms with Crippen molar-refractivity contribution in [3.63, 3.8) is 0 Å². The Bertz CT molecular complexity index is 540. The number of hydrogen-bond donors (Lipinski definition) is 0. The first-order chi connectivity index (χ1) is 10.5. The Morgan fingerprint density at radius 3 is 2.59 bits per heavy atom. The molecule has 1 aromatic rings. The molecule has 1 aromatic carbocycles. The van der Waals surface area contributed by atoms with E-state index in [2.05, 4.69) is 11.7 Å². The summed E-state index contributed by atoms with van der Waals surface area (Å²) in [5, 5.41) is 0. The minimum atomic E-state index is -2.72. The fourth-order valence-electron chi connectivity index (χ4n) is 2.85. The number of benzene rings is 1. The number of hydrogen-bond acceptors (Lipinski definition) is 1. The molecule has 0 spiro atoms. The second kappa shape index (κ2) is 7.65. The molecule has 5 heteroatoms. The lowest BCUT2D eigenvalue weighted by Crippen LogP contribution is -2.10. The minimum absolute atomic E-state index is 0.205. The lowest BCUT2D eigenvalue weighted by Gasteiger charge is -2.22. The maximum absolute atomic E-state index is 14.1. The molecule has 0 amide bonds. The van der Waals surface area contributed by atoms with Crippen LogP contribution in [0.4, 0.5) is 17.6 Å². The van der Waals surface area contributed by atoms with Crippen LogP contribution in [0.1, 0.15) is 44.6 Å². The molecule has 0 bridgehead atoms. The molecule has 1 aliphatic rings. The van der Waals surface area contributed by atoms with Crippen molar-refractivity contribution in [2.45, 2.75) is 45.5 Å². The smallest absolute Gasteiger partial charge is 0.272 e. The highest BCUT2D eigenvalue weighted by atomic mass is 19.3. The molecule has 0 aromatic heterocycles. The highest BCUT2D eigenvalue weighted by Crippen LogP contribution is 2.35. The van der Waals surface area contributed by atoms with Gasteiger partial charge in [0.05, 0.1) is 0 Å².